The van der Waals surface area contributed by atoms with Crippen molar-refractivity contribution in [1.29, 1.82) is 0 Å². The summed E-state index contributed by atoms with van der Waals surface area (Å²) in [4.78, 5) is 0. The first kappa shape index (κ1) is 18.0. The van der Waals surface area contributed by atoms with E-state index < -0.39 is 0 Å². The number of hydrogen-bond acceptors (Lipinski definition) is 6. The Morgan fingerprint density at radius 2 is 1.92 bits per heavy atom. The van der Waals surface area contributed by atoms with Gasteiger partial charge >= 0.3 is 0 Å². The van der Waals surface area contributed by atoms with Gasteiger partial charge in [0.15, 0.2) is 11.5 Å². The summed E-state index contributed by atoms with van der Waals surface area (Å²) in [6.07, 6.45) is 0. The Kier molecular flexibility index (Phi) is 5.91. The minimum atomic E-state index is 0.347. The third-order valence-corrected chi connectivity index (χ3v) is 4.25. The monoisotopic (exact) mass is 373 g/mol. The number of rotatable bonds is 8. The second-order valence-electron chi connectivity index (χ2n) is 5.50. The van der Waals surface area contributed by atoms with Crippen LogP contribution in [0.1, 0.15) is 18.1 Å². The van der Waals surface area contributed by atoms with E-state index in [4.69, 9.17) is 21.1 Å². The third-order valence-electron chi connectivity index (χ3n) is 3.88. The van der Waals surface area contributed by atoms with E-state index in [9.17, 15) is 0 Å². The number of halogens is 1. The van der Waals surface area contributed by atoms with E-state index in [1.165, 1.54) is 0 Å². The Labute approximate surface area is 156 Å². The van der Waals surface area contributed by atoms with E-state index in [0.29, 0.717) is 42.2 Å². The number of para-hydroxylation sites is 1. The average molecular weight is 374 g/mol. The second kappa shape index (κ2) is 8.53. The van der Waals surface area contributed by atoms with Crippen LogP contribution in [0.25, 0.3) is 0 Å². The van der Waals surface area contributed by atoms with E-state index in [1.54, 1.807) is 11.8 Å². The number of nitrogens with one attached hydrogen (secondary N) is 1. The first-order valence-corrected chi connectivity index (χ1v) is 8.62. The number of ether oxygens (including phenoxy) is 2. The van der Waals surface area contributed by atoms with Gasteiger partial charge in [0, 0.05) is 29.2 Å². The number of tetrazole rings is 1. The van der Waals surface area contributed by atoms with Gasteiger partial charge in [0.25, 0.3) is 0 Å². The first-order valence-electron chi connectivity index (χ1n) is 8.25. The number of hydrogen-bond donors (Lipinski definition) is 1. The molecule has 7 nitrogen and oxygen atoms in total. The van der Waals surface area contributed by atoms with Crippen molar-refractivity contribution >= 4 is 17.5 Å². The van der Waals surface area contributed by atoms with Crippen LogP contribution in [-0.2, 0) is 19.7 Å². The zero-order valence-electron chi connectivity index (χ0n) is 14.6. The molecule has 0 spiro atoms. The van der Waals surface area contributed by atoms with Crippen LogP contribution >= 0.6 is 11.6 Å². The highest BCUT2D eigenvalue weighted by Crippen LogP contribution is 2.32. The van der Waals surface area contributed by atoms with Crippen LogP contribution in [0.5, 0.6) is 11.5 Å². The average Bonchev–Trinajstić information content (AvgIpc) is 3.13. The van der Waals surface area contributed by atoms with E-state index in [0.717, 1.165) is 11.1 Å². The summed E-state index contributed by atoms with van der Waals surface area (Å²) in [5.41, 5.74) is 1.84. The number of aryl methyl sites for hydroxylation is 1. The fraction of sp³-hybridized carbons (Fsp3) is 0.278. The Bertz CT molecular complexity index is 868. The molecule has 1 aromatic heterocycles. The summed E-state index contributed by atoms with van der Waals surface area (Å²) in [6, 6.07) is 13.3. The lowest BCUT2D eigenvalue weighted by atomic mass is 10.1. The molecule has 26 heavy (non-hydrogen) atoms. The highest BCUT2D eigenvalue weighted by molar-refractivity contribution is 6.31. The third kappa shape index (κ3) is 4.05. The highest BCUT2D eigenvalue weighted by atomic mass is 35.5. The van der Waals surface area contributed by atoms with Crippen LogP contribution < -0.4 is 14.8 Å². The van der Waals surface area contributed by atoms with E-state index in [-0.39, 0.29) is 0 Å². The summed E-state index contributed by atoms with van der Waals surface area (Å²) in [5, 5.41) is 15.5. The standard InChI is InChI=1S/C18H20ClN5O2/c1-3-24-18(21-22-23-24)20-11-13-8-6-10-16(25-2)17(13)26-12-14-7-4-5-9-15(14)19/h4-10H,3,11-12H2,1-2H3,(H,20,21,23). The van der Waals surface area contributed by atoms with Crippen molar-refractivity contribution in [3.63, 3.8) is 0 Å². The quantitative estimate of drug-likeness (QED) is 0.651. The molecule has 0 saturated heterocycles. The molecule has 0 atom stereocenters. The minimum absolute atomic E-state index is 0.347. The topological polar surface area (TPSA) is 74.1 Å². The smallest absolute Gasteiger partial charge is 0.243 e. The molecule has 0 saturated carbocycles. The van der Waals surface area contributed by atoms with Crippen LogP contribution in [-0.4, -0.2) is 27.3 Å². The lowest BCUT2D eigenvalue weighted by Crippen LogP contribution is -2.09. The summed E-state index contributed by atoms with van der Waals surface area (Å²) >= 11 is 6.22. The van der Waals surface area contributed by atoms with Crippen molar-refractivity contribution in [2.24, 2.45) is 0 Å². The predicted molar refractivity (Wildman–Crippen MR) is 99.6 cm³/mol. The number of benzene rings is 2. The maximum atomic E-state index is 6.22. The van der Waals surface area contributed by atoms with Crippen molar-refractivity contribution in [1.82, 2.24) is 20.2 Å². The fourth-order valence-electron chi connectivity index (χ4n) is 2.51. The molecule has 1 N–H and O–H groups in total. The molecule has 0 aliphatic carbocycles. The minimum Gasteiger partial charge on any atom is -0.493 e. The lowest BCUT2D eigenvalue weighted by Gasteiger charge is -2.16. The largest absolute Gasteiger partial charge is 0.493 e. The van der Waals surface area contributed by atoms with Gasteiger partial charge in [-0.15, -0.1) is 0 Å². The molecule has 8 heteroatoms. The molecule has 0 unspecified atom stereocenters. The van der Waals surface area contributed by atoms with Crippen LogP contribution in [0, 0.1) is 0 Å². The second-order valence-corrected chi connectivity index (χ2v) is 5.91. The molecular weight excluding hydrogens is 354 g/mol. The van der Waals surface area contributed by atoms with Crippen LogP contribution in [0.2, 0.25) is 5.02 Å². The zero-order valence-corrected chi connectivity index (χ0v) is 15.4. The van der Waals surface area contributed by atoms with Gasteiger partial charge in [0.05, 0.1) is 7.11 Å². The van der Waals surface area contributed by atoms with Gasteiger partial charge < -0.3 is 14.8 Å². The van der Waals surface area contributed by atoms with Crippen molar-refractivity contribution in [3.8, 4) is 11.5 Å². The maximum Gasteiger partial charge on any atom is 0.243 e. The summed E-state index contributed by atoms with van der Waals surface area (Å²) in [5.74, 6) is 1.93. The van der Waals surface area contributed by atoms with Crippen LogP contribution in [0.4, 0.5) is 5.95 Å². The molecule has 0 aliphatic heterocycles. The van der Waals surface area contributed by atoms with Crippen molar-refractivity contribution < 1.29 is 9.47 Å². The Hall–Kier alpha value is -2.80. The normalized spacial score (nSPS) is 10.6. The van der Waals surface area contributed by atoms with Gasteiger partial charge in [0.2, 0.25) is 5.95 Å². The van der Waals surface area contributed by atoms with Gasteiger partial charge in [-0.05, 0) is 29.5 Å². The van der Waals surface area contributed by atoms with Crippen molar-refractivity contribution in [3.05, 3.63) is 58.6 Å². The molecule has 0 aliphatic rings. The fourth-order valence-corrected chi connectivity index (χ4v) is 2.70. The zero-order chi connectivity index (χ0) is 18.4. The molecule has 0 bridgehead atoms. The first-order chi connectivity index (χ1) is 12.7. The molecule has 0 radical (unpaired) electrons. The molecule has 2 aromatic carbocycles. The van der Waals surface area contributed by atoms with Crippen LogP contribution in [0.3, 0.4) is 0 Å². The number of anilines is 1. The van der Waals surface area contributed by atoms with Crippen molar-refractivity contribution in [2.75, 3.05) is 12.4 Å². The van der Waals surface area contributed by atoms with Gasteiger partial charge in [-0.1, -0.05) is 47.0 Å². The van der Waals surface area contributed by atoms with Gasteiger partial charge in [-0.3, -0.25) is 0 Å². The maximum absolute atomic E-state index is 6.22. The summed E-state index contributed by atoms with van der Waals surface area (Å²) in [7, 11) is 1.62. The molecule has 3 aromatic rings. The molecule has 136 valence electrons. The van der Waals surface area contributed by atoms with Gasteiger partial charge in [-0.2, -0.15) is 0 Å². The number of methoxy groups -OCH3 is 1. The van der Waals surface area contributed by atoms with Crippen molar-refractivity contribution in [2.45, 2.75) is 26.6 Å². The molecule has 0 fully saturated rings. The van der Waals surface area contributed by atoms with Gasteiger partial charge in [0.1, 0.15) is 6.61 Å². The Balaban J connectivity index is 1.78. The Morgan fingerprint density at radius 3 is 2.69 bits per heavy atom. The Morgan fingerprint density at radius 1 is 1.12 bits per heavy atom. The van der Waals surface area contributed by atoms with Crippen LogP contribution in [0.15, 0.2) is 42.5 Å². The highest BCUT2D eigenvalue weighted by Gasteiger charge is 2.13. The number of nitrogens with zero attached hydrogens (tertiary/aromatic N) is 4. The molecule has 0 amide bonds. The summed E-state index contributed by atoms with van der Waals surface area (Å²) < 4.78 is 13.2. The van der Waals surface area contributed by atoms with E-state index in [2.05, 4.69) is 20.8 Å². The predicted octanol–water partition coefficient (Wildman–Crippen LogP) is 3.55. The molecular formula is C18H20ClN5O2. The van der Waals surface area contributed by atoms with Gasteiger partial charge in [-0.25, -0.2) is 4.68 Å². The molecule has 1 heterocycles. The lowest BCUT2D eigenvalue weighted by molar-refractivity contribution is 0.282. The number of aromatic nitrogens is 4. The summed E-state index contributed by atoms with van der Waals surface area (Å²) in [6.45, 7) is 3.50. The SMILES string of the molecule is CCn1nnnc1NCc1cccc(OC)c1OCc1ccccc1Cl. The van der Waals surface area contributed by atoms with E-state index >= 15 is 0 Å². The van der Waals surface area contributed by atoms with E-state index in [1.807, 2.05) is 49.4 Å². The molecule has 3 rings (SSSR count).